The zero-order chi connectivity index (χ0) is 38.9. The zero-order valence-electron chi connectivity index (χ0n) is 30.9. The minimum absolute atomic E-state index is 0.00983. The van der Waals surface area contributed by atoms with Crippen LogP contribution >= 0.6 is 23.2 Å². The number of hydrogen-bond donors (Lipinski definition) is 4. The number of ether oxygens (including phenoxy) is 1. The number of benzene rings is 2. The molecule has 2 aromatic heterocycles. The number of anilines is 1. The van der Waals surface area contributed by atoms with Gasteiger partial charge in [-0.25, -0.2) is 9.37 Å². The fourth-order valence-corrected chi connectivity index (χ4v) is 9.20. The summed E-state index contributed by atoms with van der Waals surface area (Å²) in [5.41, 5.74) is 4.19. The number of rotatable bonds is 14. The number of amides is 1. The van der Waals surface area contributed by atoms with E-state index >= 15 is 4.39 Å². The summed E-state index contributed by atoms with van der Waals surface area (Å²) in [6, 6.07) is 12.0. The summed E-state index contributed by atoms with van der Waals surface area (Å²) < 4.78 is 22.9. The fraction of sp³-hybridized carbons (Fsp3) is 0.415. The average Bonchev–Trinajstić information content (AvgIpc) is 3.87. The number of halogens is 3. The number of nitrogens with zero attached hydrogens (tertiary/aromatic N) is 4. The molecule has 3 heterocycles. The molecule has 7 rings (SSSR count). The monoisotopic (exact) mass is 790 g/mol. The first-order chi connectivity index (χ1) is 26.5. The molecule has 1 aliphatic heterocycles. The molecule has 0 unspecified atom stereocenters. The standard InChI is InChI=1S/C41H45Cl2FN6O5/c1-49-33-9-16-50(17-14-40-10-12-41(24-40,13-11-40)39(53)54)23-32(33)47-37(49)38(52)48-30-8-4-7-28(36(30)43)27-6-3-5-25(35(27)42)19-29(44)31-20-34(55-2)26(22-46-31)21-45-15-18-51/h3-8,19-20,22,45,51H,9-18,21,23-24H2,1-2H3,(H,48,52)(H,53,54). The number of methoxy groups -OCH3 is 1. The third-order valence-corrected chi connectivity index (χ3v) is 12.6. The van der Waals surface area contributed by atoms with Crippen molar-refractivity contribution >= 4 is 52.7 Å². The number of carboxylic acid groups (broad SMARTS) is 1. The number of fused-ring (bicyclic) bond motifs is 3. The highest BCUT2D eigenvalue weighted by molar-refractivity contribution is 6.39. The van der Waals surface area contributed by atoms with E-state index in [1.54, 1.807) is 36.4 Å². The van der Waals surface area contributed by atoms with Crippen LogP contribution in [0.25, 0.3) is 23.0 Å². The van der Waals surface area contributed by atoms with Gasteiger partial charge in [0.05, 0.1) is 40.6 Å². The number of aromatic nitrogens is 3. The average molecular weight is 792 g/mol. The SMILES string of the molecule is COc1cc(C(F)=Cc2cccc(-c3cccc(NC(=O)c4nc5c(n4C)CCN(CCC46CCC(C(=O)O)(CC4)C6)C5)c3Cl)c2Cl)ncc1CNCCO. The van der Waals surface area contributed by atoms with Crippen LogP contribution in [0.1, 0.15) is 77.4 Å². The minimum atomic E-state index is -0.636. The predicted molar refractivity (Wildman–Crippen MR) is 211 cm³/mol. The summed E-state index contributed by atoms with van der Waals surface area (Å²) in [4.78, 5) is 37.0. The molecule has 2 saturated carbocycles. The first kappa shape index (κ1) is 38.9. The van der Waals surface area contributed by atoms with Crippen LogP contribution in [0.2, 0.25) is 10.0 Å². The molecule has 1 amide bonds. The number of aliphatic carboxylic acids is 1. The van der Waals surface area contributed by atoms with Gasteiger partial charge in [0.1, 0.15) is 17.3 Å². The maximum absolute atomic E-state index is 15.6. The summed E-state index contributed by atoms with van der Waals surface area (Å²) >= 11 is 13.8. The van der Waals surface area contributed by atoms with Crippen molar-refractivity contribution < 1.29 is 28.9 Å². The Morgan fingerprint density at radius 3 is 2.55 bits per heavy atom. The van der Waals surface area contributed by atoms with Crippen molar-refractivity contribution in [3.05, 3.63) is 92.7 Å². The molecule has 2 aromatic carbocycles. The maximum atomic E-state index is 15.6. The number of pyridine rings is 1. The Kier molecular flexibility index (Phi) is 11.3. The molecule has 0 spiro atoms. The quantitative estimate of drug-likeness (QED) is 0.0963. The number of carbonyl (C=O) groups excluding carboxylic acids is 1. The van der Waals surface area contributed by atoms with Crippen LogP contribution in [0.15, 0.2) is 48.7 Å². The molecule has 0 radical (unpaired) electrons. The van der Waals surface area contributed by atoms with E-state index in [1.165, 1.54) is 25.4 Å². The number of imidazole rings is 1. The molecule has 11 nitrogen and oxygen atoms in total. The van der Waals surface area contributed by atoms with Gasteiger partial charge in [-0.3, -0.25) is 19.5 Å². The number of hydrogen-bond acceptors (Lipinski definition) is 8. The highest BCUT2D eigenvalue weighted by Gasteiger charge is 2.57. The van der Waals surface area contributed by atoms with E-state index in [0.29, 0.717) is 47.8 Å². The van der Waals surface area contributed by atoms with E-state index in [2.05, 4.69) is 20.5 Å². The third kappa shape index (κ3) is 7.75. The van der Waals surface area contributed by atoms with Gasteiger partial charge < -0.3 is 30.2 Å². The summed E-state index contributed by atoms with van der Waals surface area (Å²) in [5, 5.41) is 25.4. The summed E-state index contributed by atoms with van der Waals surface area (Å²) in [5.74, 6) is -0.912. The van der Waals surface area contributed by atoms with E-state index in [1.807, 2.05) is 11.6 Å². The highest BCUT2D eigenvalue weighted by atomic mass is 35.5. The molecular formula is C41H45Cl2FN6O5. The molecule has 290 valence electrons. The Bertz CT molecular complexity index is 2150. The lowest BCUT2D eigenvalue weighted by Gasteiger charge is -2.32. The van der Waals surface area contributed by atoms with Crippen molar-refractivity contribution in [3.63, 3.8) is 0 Å². The normalized spacial score (nSPS) is 20.8. The van der Waals surface area contributed by atoms with Gasteiger partial charge in [0, 0.05) is 74.3 Å². The smallest absolute Gasteiger partial charge is 0.309 e. The first-order valence-electron chi connectivity index (χ1n) is 18.6. The Morgan fingerprint density at radius 1 is 1.09 bits per heavy atom. The molecule has 0 atom stereocenters. The van der Waals surface area contributed by atoms with Gasteiger partial charge in [-0.05, 0) is 68.2 Å². The lowest BCUT2D eigenvalue weighted by atomic mass is 9.80. The number of aliphatic hydroxyl groups is 1. The van der Waals surface area contributed by atoms with Crippen LogP contribution in [-0.4, -0.2) is 74.9 Å². The summed E-state index contributed by atoms with van der Waals surface area (Å²) in [6.45, 7) is 3.16. The van der Waals surface area contributed by atoms with Crippen LogP contribution < -0.4 is 15.4 Å². The van der Waals surface area contributed by atoms with Crippen LogP contribution in [0.3, 0.4) is 0 Å². The highest BCUT2D eigenvalue weighted by Crippen LogP contribution is 2.63. The van der Waals surface area contributed by atoms with Crippen LogP contribution in [-0.2, 0) is 31.4 Å². The van der Waals surface area contributed by atoms with Crippen LogP contribution in [0.5, 0.6) is 5.75 Å². The van der Waals surface area contributed by atoms with Crippen molar-refractivity contribution in [1.82, 2.24) is 24.8 Å². The Balaban J connectivity index is 1.04. The van der Waals surface area contributed by atoms with Gasteiger partial charge in [-0.2, -0.15) is 0 Å². The summed E-state index contributed by atoms with van der Waals surface area (Å²) in [7, 11) is 3.35. The van der Waals surface area contributed by atoms with E-state index in [4.69, 9.17) is 38.0 Å². The molecule has 0 saturated heterocycles. The van der Waals surface area contributed by atoms with Crippen molar-refractivity contribution in [1.29, 1.82) is 0 Å². The van der Waals surface area contributed by atoms with E-state index < -0.39 is 23.1 Å². The van der Waals surface area contributed by atoms with E-state index in [-0.39, 0.29) is 33.6 Å². The first-order valence-corrected chi connectivity index (χ1v) is 19.3. The number of aliphatic hydroxyl groups excluding tert-OH is 1. The predicted octanol–water partition coefficient (Wildman–Crippen LogP) is 7.38. The molecule has 4 aromatic rings. The van der Waals surface area contributed by atoms with Gasteiger partial charge in [0.25, 0.3) is 5.91 Å². The second-order valence-electron chi connectivity index (χ2n) is 15.0. The lowest BCUT2D eigenvalue weighted by molar-refractivity contribution is -0.148. The van der Waals surface area contributed by atoms with Gasteiger partial charge in [-0.15, -0.1) is 0 Å². The van der Waals surface area contributed by atoms with Gasteiger partial charge in [0.2, 0.25) is 0 Å². The second-order valence-corrected chi connectivity index (χ2v) is 15.8. The van der Waals surface area contributed by atoms with Crippen molar-refractivity contribution in [2.75, 3.05) is 38.7 Å². The molecule has 2 bridgehead atoms. The second kappa shape index (κ2) is 16.0. The van der Waals surface area contributed by atoms with Gasteiger partial charge in [-0.1, -0.05) is 53.5 Å². The van der Waals surface area contributed by atoms with Crippen molar-refractivity contribution in [3.8, 4) is 16.9 Å². The fourth-order valence-electron chi connectivity index (χ4n) is 8.64. The Labute approximate surface area is 329 Å². The van der Waals surface area contributed by atoms with Crippen LogP contribution in [0.4, 0.5) is 10.1 Å². The van der Waals surface area contributed by atoms with Crippen molar-refractivity contribution in [2.24, 2.45) is 17.9 Å². The third-order valence-electron chi connectivity index (χ3n) is 11.8. The molecular weight excluding hydrogens is 746 g/mol. The molecule has 14 heteroatoms. The van der Waals surface area contributed by atoms with Gasteiger partial charge >= 0.3 is 5.97 Å². The lowest BCUT2D eigenvalue weighted by Crippen LogP contribution is -2.34. The topological polar surface area (TPSA) is 142 Å². The van der Waals surface area contributed by atoms with Crippen molar-refractivity contribution in [2.45, 2.75) is 58.0 Å². The minimum Gasteiger partial charge on any atom is -0.496 e. The Morgan fingerprint density at radius 2 is 1.84 bits per heavy atom. The Hall–Kier alpha value is -4.33. The number of nitrogens with one attached hydrogen (secondary N) is 2. The van der Waals surface area contributed by atoms with E-state index in [0.717, 1.165) is 75.0 Å². The zero-order valence-corrected chi connectivity index (χ0v) is 32.4. The summed E-state index contributed by atoms with van der Waals surface area (Å²) in [6.07, 6.45) is 8.89. The number of carboxylic acids is 1. The van der Waals surface area contributed by atoms with Gasteiger partial charge in [0.15, 0.2) is 5.82 Å². The largest absolute Gasteiger partial charge is 0.496 e. The molecule has 3 aliphatic rings. The maximum Gasteiger partial charge on any atom is 0.309 e. The number of carbonyl (C=O) groups is 2. The van der Waals surface area contributed by atoms with Crippen LogP contribution in [0, 0.1) is 10.8 Å². The molecule has 4 N–H and O–H groups in total. The molecule has 2 fully saturated rings. The molecule has 55 heavy (non-hydrogen) atoms. The molecule has 2 aliphatic carbocycles. The van der Waals surface area contributed by atoms with E-state index in [9.17, 15) is 14.7 Å².